The van der Waals surface area contributed by atoms with Gasteiger partial charge in [-0.1, -0.05) is 12.1 Å². The maximum absolute atomic E-state index is 13.5. The summed E-state index contributed by atoms with van der Waals surface area (Å²) in [6.07, 6.45) is -3.80. The van der Waals surface area contributed by atoms with Gasteiger partial charge in [0.25, 0.3) is 5.56 Å². The fourth-order valence-electron chi connectivity index (χ4n) is 4.62. The minimum absolute atomic E-state index is 0.00718. The summed E-state index contributed by atoms with van der Waals surface area (Å²) in [6, 6.07) is 6.69. The van der Waals surface area contributed by atoms with Crippen LogP contribution in [0, 0.1) is 0 Å². The van der Waals surface area contributed by atoms with E-state index in [-0.39, 0.29) is 35.2 Å². The van der Waals surface area contributed by atoms with Crippen molar-refractivity contribution in [3.63, 3.8) is 0 Å². The Balaban J connectivity index is 1.76. The maximum atomic E-state index is 13.5. The first-order valence-corrected chi connectivity index (χ1v) is 10.4. The maximum Gasteiger partial charge on any atom is 0.419 e. The molecule has 0 spiro atoms. The van der Waals surface area contributed by atoms with E-state index in [0.29, 0.717) is 10.1 Å². The second-order valence-corrected chi connectivity index (χ2v) is 8.18. The Morgan fingerprint density at radius 1 is 1.14 bits per heavy atom. The SMILES string of the molecule is Cn1c(=O)oc2cc(-n3cc(C(=O)O)c(=O)n(C4CCc5c4cccc5C(F)(F)F)c3=O)ccc21. The largest absolute Gasteiger partial charge is 0.477 e. The summed E-state index contributed by atoms with van der Waals surface area (Å²) in [4.78, 5) is 50.1. The van der Waals surface area contributed by atoms with Gasteiger partial charge in [-0.2, -0.15) is 13.2 Å². The predicted octanol–water partition coefficient (Wildman–Crippen LogP) is 2.70. The van der Waals surface area contributed by atoms with Crippen molar-refractivity contribution in [3.05, 3.63) is 96.2 Å². The quantitative estimate of drug-likeness (QED) is 0.475. The number of carbonyl (C=O) groups is 1. The van der Waals surface area contributed by atoms with Crippen molar-refractivity contribution in [2.24, 2.45) is 7.05 Å². The molecule has 0 radical (unpaired) electrons. The third kappa shape index (κ3) is 3.40. The number of hydrogen-bond acceptors (Lipinski definition) is 5. The van der Waals surface area contributed by atoms with Crippen LogP contribution >= 0.6 is 0 Å². The van der Waals surface area contributed by atoms with Gasteiger partial charge in [0.2, 0.25) is 0 Å². The van der Waals surface area contributed by atoms with Gasteiger partial charge in [0.05, 0.1) is 22.8 Å². The molecule has 2 aromatic heterocycles. The van der Waals surface area contributed by atoms with Crippen LogP contribution in [0.4, 0.5) is 13.2 Å². The Labute approximate surface area is 192 Å². The second kappa shape index (κ2) is 7.58. The van der Waals surface area contributed by atoms with E-state index in [9.17, 15) is 37.5 Å². The van der Waals surface area contributed by atoms with E-state index in [0.717, 1.165) is 16.8 Å². The van der Waals surface area contributed by atoms with Crippen molar-refractivity contribution in [1.82, 2.24) is 13.7 Å². The summed E-state index contributed by atoms with van der Waals surface area (Å²) >= 11 is 0. The lowest BCUT2D eigenvalue weighted by Crippen LogP contribution is -2.43. The highest BCUT2D eigenvalue weighted by Crippen LogP contribution is 2.41. The average molecular weight is 487 g/mol. The minimum Gasteiger partial charge on any atom is -0.477 e. The van der Waals surface area contributed by atoms with E-state index < -0.39 is 46.3 Å². The number of aromatic carboxylic acids is 1. The van der Waals surface area contributed by atoms with E-state index in [4.69, 9.17) is 4.42 Å². The molecule has 12 heteroatoms. The van der Waals surface area contributed by atoms with Crippen molar-refractivity contribution in [2.45, 2.75) is 25.1 Å². The first kappa shape index (κ1) is 22.4. The number of aryl methyl sites for hydroxylation is 1. The van der Waals surface area contributed by atoms with Crippen LogP contribution in [0.5, 0.6) is 0 Å². The third-order valence-electron chi connectivity index (χ3n) is 6.26. The van der Waals surface area contributed by atoms with Crippen LogP contribution in [0.3, 0.4) is 0 Å². The third-order valence-corrected chi connectivity index (χ3v) is 6.26. The lowest BCUT2D eigenvalue weighted by molar-refractivity contribution is -0.138. The molecule has 0 aliphatic heterocycles. The molecule has 1 aliphatic rings. The first-order chi connectivity index (χ1) is 16.5. The molecular weight excluding hydrogens is 471 g/mol. The molecule has 0 saturated heterocycles. The van der Waals surface area contributed by atoms with Gasteiger partial charge in [-0.3, -0.25) is 18.5 Å². The summed E-state index contributed by atoms with van der Waals surface area (Å²) in [5.74, 6) is -2.25. The van der Waals surface area contributed by atoms with Gasteiger partial charge in [-0.05, 0) is 42.2 Å². The summed E-state index contributed by atoms with van der Waals surface area (Å²) in [7, 11) is 1.48. The van der Waals surface area contributed by atoms with Gasteiger partial charge in [-0.15, -0.1) is 0 Å². The molecule has 2 aromatic carbocycles. The van der Waals surface area contributed by atoms with Crippen LogP contribution in [0.25, 0.3) is 16.8 Å². The Morgan fingerprint density at radius 3 is 2.57 bits per heavy atom. The van der Waals surface area contributed by atoms with E-state index in [1.807, 2.05) is 0 Å². The Bertz CT molecular complexity index is 1710. The number of carboxylic acid groups (broad SMARTS) is 1. The van der Waals surface area contributed by atoms with Crippen LogP contribution < -0.4 is 17.0 Å². The van der Waals surface area contributed by atoms with Crippen molar-refractivity contribution in [3.8, 4) is 5.69 Å². The number of fused-ring (bicyclic) bond motifs is 2. The summed E-state index contributed by atoms with van der Waals surface area (Å²) in [5, 5.41) is 9.61. The topological polar surface area (TPSA) is 116 Å². The number of aromatic nitrogens is 3. The van der Waals surface area contributed by atoms with Crippen LogP contribution in [0.2, 0.25) is 0 Å². The molecule has 0 amide bonds. The van der Waals surface area contributed by atoms with Gasteiger partial charge >= 0.3 is 23.6 Å². The summed E-state index contributed by atoms with van der Waals surface area (Å²) in [6.45, 7) is 0. The van der Waals surface area contributed by atoms with E-state index >= 15 is 0 Å². The smallest absolute Gasteiger partial charge is 0.419 e. The van der Waals surface area contributed by atoms with Gasteiger partial charge in [0.1, 0.15) is 5.56 Å². The molecule has 0 saturated carbocycles. The summed E-state index contributed by atoms with van der Waals surface area (Å²) < 4.78 is 48.4. The number of oxazole rings is 1. The molecule has 0 fully saturated rings. The molecule has 1 aliphatic carbocycles. The monoisotopic (exact) mass is 487 g/mol. The standard InChI is InChI=1S/C23H16F3N3O6/c1-27-17-7-5-11(9-18(17)35-22(27)34)28-10-14(20(31)32)19(30)29(21(28)33)16-8-6-12-13(16)3-2-4-15(12)23(24,25)26/h2-5,7,9-10,16H,6,8H2,1H3,(H,31,32). The summed E-state index contributed by atoms with van der Waals surface area (Å²) in [5.41, 5.74) is -2.90. The Hall–Kier alpha value is -4.35. The second-order valence-electron chi connectivity index (χ2n) is 8.18. The molecule has 1 N–H and O–H groups in total. The molecule has 2 heterocycles. The molecular formula is C23H16F3N3O6. The molecule has 180 valence electrons. The van der Waals surface area contributed by atoms with Crippen LogP contribution in [-0.2, 0) is 19.6 Å². The lowest BCUT2D eigenvalue weighted by Gasteiger charge is -2.18. The normalized spacial score (nSPS) is 15.5. The number of rotatable bonds is 3. The van der Waals surface area contributed by atoms with E-state index in [1.54, 1.807) is 0 Å². The van der Waals surface area contributed by atoms with Gasteiger partial charge in [0, 0.05) is 19.3 Å². The van der Waals surface area contributed by atoms with Crippen molar-refractivity contribution < 1.29 is 27.5 Å². The fourth-order valence-corrected chi connectivity index (χ4v) is 4.62. The predicted molar refractivity (Wildman–Crippen MR) is 116 cm³/mol. The molecule has 5 rings (SSSR count). The highest BCUT2D eigenvalue weighted by atomic mass is 19.4. The molecule has 9 nitrogen and oxygen atoms in total. The fraction of sp³-hybridized carbons (Fsp3) is 0.217. The zero-order valence-electron chi connectivity index (χ0n) is 18.0. The van der Waals surface area contributed by atoms with E-state index in [1.165, 1.54) is 41.9 Å². The molecule has 1 atom stereocenters. The zero-order valence-corrected chi connectivity index (χ0v) is 18.0. The van der Waals surface area contributed by atoms with E-state index in [2.05, 4.69) is 0 Å². The number of carboxylic acids is 1. The van der Waals surface area contributed by atoms with Crippen molar-refractivity contribution >= 4 is 17.1 Å². The van der Waals surface area contributed by atoms with Crippen LogP contribution in [0.1, 0.15) is 39.5 Å². The molecule has 4 aromatic rings. The number of benzene rings is 2. The molecule has 1 unspecified atom stereocenters. The van der Waals surface area contributed by atoms with Gasteiger partial charge in [-0.25, -0.2) is 14.4 Å². The van der Waals surface area contributed by atoms with Crippen molar-refractivity contribution in [1.29, 1.82) is 0 Å². The number of halogens is 3. The van der Waals surface area contributed by atoms with Gasteiger partial charge < -0.3 is 9.52 Å². The lowest BCUT2D eigenvalue weighted by atomic mass is 10.0. The van der Waals surface area contributed by atoms with Crippen molar-refractivity contribution in [2.75, 3.05) is 0 Å². The molecule has 35 heavy (non-hydrogen) atoms. The first-order valence-electron chi connectivity index (χ1n) is 10.4. The van der Waals surface area contributed by atoms with Crippen LogP contribution in [0.15, 0.2) is 61.4 Å². The van der Waals surface area contributed by atoms with Gasteiger partial charge in [0.15, 0.2) is 5.58 Å². The number of hydrogen-bond donors (Lipinski definition) is 1. The highest BCUT2D eigenvalue weighted by molar-refractivity contribution is 5.87. The Kier molecular flexibility index (Phi) is 4.86. The molecule has 0 bridgehead atoms. The zero-order chi connectivity index (χ0) is 25.2. The number of alkyl halides is 3. The number of nitrogens with zero attached hydrogens (tertiary/aromatic N) is 3. The Morgan fingerprint density at radius 2 is 1.89 bits per heavy atom. The average Bonchev–Trinajstić information content (AvgIpc) is 3.33. The van der Waals surface area contributed by atoms with Crippen LogP contribution in [-0.4, -0.2) is 24.8 Å². The highest BCUT2D eigenvalue weighted by Gasteiger charge is 2.38. The minimum atomic E-state index is -4.62.